The first-order valence-corrected chi connectivity index (χ1v) is 10.7. The van der Waals surface area contributed by atoms with Gasteiger partial charge in [-0.05, 0) is 49.6 Å². The molecule has 5 nitrogen and oxygen atoms in total. The zero-order chi connectivity index (χ0) is 21.6. The molecule has 1 fully saturated rings. The molecule has 3 aromatic rings. The topological polar surface area (TPSA) is 58.1 Å². The van der Waals surface area contributed by atoms with Crippen LogP contribution in [0.5, 0.6) is 0 Å². The number of amides is 1. The van der Waals surface area contributed by atoms with Gasteiger partial charge in [0.2, 0.25) is 5.91 Å². The van der Waals surface area contributed by atoms with E-state index in [2.05, 4.69) is 44.5 Å². The maximum Gasteiger partial charge on any atom is 0.229 e. The summed E-state index contributed by atoms with van der Waals surface area (Å²) in [5, 5.41) is 3.19. The molecular formula is C25H27FN4O. The van der Waals surface area contributed by atoms with Crippen molar-refractivity contribution in [2.45, 2.75) is 38.3 Å². The summed E-state index contributed by atoms with van der Waals surface area (Å²) in [7, 11) is 0. The van der Waals surface area contributed by atoms with Gasteiger partial charge in [0.05, 0.1) is 23.5 Å². The van der Waals surface area contributed by atoms with E-state index in [0.29, 0.717) is 11.4 Å². The maximum atomic E-state index is 13.2. The van der Waals surface area contributed by atoms with E-state index < -0.39 is 5.92 Å². The minimum atomic E-state index is -0.407. The first kappa shape index (κ1) is 21.1. The first-order valence-electron chi connectivity index (χ1n) is 10.7. The van der Waals surface area contributed by atoms with Gasteiger partial charge in [-0.25, -0.2) is 9.37 Å². The summed E-state index contributed by atoms with van der Waals surface area (Å²) in [5.74, 6) is -0.738. The fourth-order valence-electron chi connectivity index (χ4n) is 3.89. The van der Waals surface area contributed by atoms with Gasteiger partial charge in [0, 0.05) is 37.4 Å². The van der Waals surface area contributed by atoms with Crippen molar-refractivity contribution in [2.75, 3.05) is 13.1 Å². The summed E-state index contributed by atoms with van der Waals surface area (Å²) in [6.45, 7) is 4.73. The van der Waals surface area contributed by atoms with Crippen LogP contribution in [0.3, 0.4) is 0 Å². The molecule has 31 heavy (non-hydrogen) atoms. The highest BCUT2D eigenvalue weighted by atomic mass is 19.1. The van der Waals surface area contributed by atoms with E-state index >= 15 is 0 Å². The molecule has 2 heterocycles. The molecule has 0 bridgehead atoms. The van der Waals surface area contributed by atoms with Crippen molar-refractivity contribution >= 4 is 5.91 Å². The molecule has 160 valence electrons. The van der Waals surface area contributed by atoms with Crippen LogP contribution >= 0.6 is 0 Å². The van der Waals surface area contributed by atoms with Gasteiger partial charge >= 0.3 is 0 Å². The van der Waals surface area contributed by atoms with Crippen LogP contribution < -0.4 is 5.32 Å². The van der Waals surface area contributed by atoms with E-state index in [4.69, 9.17) is 0 Å². The Morgan fingerprint density at radius 3 is 2.52 bits per heavy atom. The molecule has 1 aliphatic rings. The number of likely N-dealkylation sites (tertiary alicyclic amines) is 1. The van der Waals surface area contributed by atoms with E-state index in [-0.39, 0.29) is 17.8 Å². The number of benzene rings is 2. The summed E-state index contributed by atoms with van der Waals surface area (Å²) in [6, 6.07) is 16.8. The third-order valence-electron chi connectivity index (χ3n) is 5.81. The Morgan fingerprint density at radius 1 is 1.10 bits per heavy atom. The number of rotatable bonds is 6. The number of hydrogen-bond acceptors (Lipinski definition) is 4. The minimum absolute atomic E-state index is 0.0351. The lowest BCUT2D eigenvalue weighted by Gasteiger charge is -2.32. The third kappa shape index (κ3) is 5.52. The molecule has 6 heteroatoms. The smallest absolute Gasteiger partial charge is 0.229 e. The first-order chi connectivity index (χ1) is 15.1. The van der Waals surface area contributed by atoms with Crippen LogP contribution in [0.2, 0.25) is 0 Å². The number of carbonyl (C=O) groups excluding carboxylic acids is 1. The zero-order valence-corrected chi connectivity index (χ0v) is 17.7. The van der Waals surface area contributed by atoms with Crippen molar-refractivity contribution in [3.8, 4) is 11.3 Å². The molecule has 4 rings (SSSR count). The molecule has 0 aliphatic carbocycles. The van der Waals surface area contributed by atoms with Crippen LogP contribution in [0.15, 0.2) is 67.0 Å². The second-order valence-corrected chi connectivity index (χ2v) is 8.10. The van der Waals surface area contributed by atoms with Crippen molar-refractivity contribution in [3.05, 3.63) is 84.1 Å². The molecule has 0 saturated carbocycles. The third-order valence-corrected chi connectivity index (χ3v) is 5.81. The summed E-state index contributed by atoms with van der Waals surface area (Å²) in [6.07, 6.45) is 5.13. The van der Waals surface area contributed by atoms with Gasteiger partial charge in [0.25, 0.3) is 0 Å². The largest absolute Gasteiger partial charge is 0.353 e. The summed E-state index contributed by atoms with van der Waals surface area (Å²) >= 11 is 0. The normalized spacial score (nSPS) is 16.1. The van der Waals surface area contributed by atoms with Gasteiger partial charge in [-0.15, -0.1) is 0 Å². The summed E-state index contributed by atoms with van der Waals surface area (Å²) in [5.41, 5.74) is 3.33. The van der Waals surface area contributed by atoms with Crippen LogP contribution in [-0.2, 0) is 11.3 Å². The van der Waals surface area contributed by atoms with Gasteiger partial charge in [-0.3, -0.25) is 14.7 Å². The maximum absolute atomic E-state index is 13.2. The average molecular weight is 419 g/mol. The van der Waals surface area contributed by atoms with Crippen molar-refractivity contribution in [1.82, 2.24) is 20.2 Å². The lowest BCUT2D eigenvalue weighted by Crippen LogP contribution is -2.45. The molecule has 0 radical (unpaired) electrons. The molecule has 1 unspecified atom stereocenters. The molecular weight excluding hydrogens is 391 g/mol. The number of halogens is 1. The molecule has 1 aliphatic heterocycles. The van der Waals surface area contributed by atoms with Crippen molar-refractivity contribution in [2.24, 2.45) is 0 Å². The fourth-order valence-corrected chi connectivity index (χ4v) is 3.89. The SMILES string of the molecule is CC(C(=O)NC1CCN(Cc2ccccc2)CC1)c1cncc(-c2ccc(F)cc2)n1. The number of piperidine rings is 1. The van der Waals surface area contributed by atoms with Gasteiger partial charge in [-0.2, -0.15) is 0 Å². The molecule has 1 aromatic heterocycles. The number of nitrogens with zero attached hydrogens (tertiary/aromatic N) is 3. The summed E-state index contributed by atoms with van der Waals surface area (Å²) in [4.78, 5) is 24.1. The Kier molecular flexibility index (Phi) is 6.67. The molecule has 1 atom stereocenters. The molecule has 1 amide bonds. The van der Waals surface area contributed by atoms with Gasteiger partial charge in [-0.1, -0.05) is 30.3 Å². The zero-order valence-electron chi connectivity index (χ0n) is 17.7. The lowest BCUT2D eigenvalue weighted by molar-refractivity contribution is -0.123. The highest BCUT2D eigenvalue weighted by Gasteiger charge is 2.24. The number of carbonyl (C=O) groups is 1. The van der Waals surface area contributed by atoms with E-state index in [9.17, 15) is 9.18 Å². The van der Waals surface area contributed by atoms with Crippen LogP contribution in [-0.4, -0.2) is 39.9 Å². The Hall–Kier alpha value is -3.12. The molecule has 1 N–H and O–H groups in total. The average Bonchev–Trinajstić information content (AvgIpc) is 2.81. The monoisotopic (exact) mass is 418 g/mol. The highest BCUT2D eigenvalue weighted by molar-refractivity contribution is 5.83. The number of hydrogen-bond donors (Lipinski definition) is 1. The Bertz CT molecular complexity index is 1000. The van der Waals surface area contributed by atoms with Crippen LogP contribution in [0.25, 0.3) is 11.3 Å². The van der Waals surface area contributed by atoms with Crippen molar-refractivity contribution < 1.29 is 9.18 Å². The van der Waals surface area contributed by atoms with Crippen molar-refractivity contribution in [3.63, 3.8) is 0 Å². The van der Waals surface area contributed by atoms with Crippen molar-refractivity contribution in [1.29, 1.82) is 0 Å². The Morgan fingerprint density at radius 2 is 1.81 bits per heavy atom. The Labute approximate surface area is 182 Å². The quantitative estimate of drug-likeness (QED) is 0.653. The second kappa shape index (κ2) is 9.79. The van der Waals surface area contributed by atoms with E-state index in [1.807, 2.05) is 13.0 Å². The standard InChI is InChI=1S/C25H27FN4O/c1-18(23-15-27-16-24(29-23)20-7-9-21(26)10-8-20)25(31)28-22-11-13-30(14-12-22)17-19-5-3-2-4-6-19/h2-10,15-16,18,22H,11-14,17H2,1H3,(H,28,31). The fraction of sp³-hybridized carbons (Fsp3) is 0.320. The van der Waals surface area contributed by atoms with Gasteiger partial charge in [0.1, 0.15) is 5.82 Å². The molecule has 2 aromatic carbocycles. The molecule has 1 saturated heterocycles. The Balaban J connectivity index is 1.32. The van der Waals surface area contributed by atoms with E-state index in [1.54, 1.807) is 24.5 Å². The van der Waals surface area contributed by atoms with Crippen LogP contribution in [0.4, 0.5) is 4.39 Å². The summed E-state index contributed by atoms with van der Waals surface area (Å²) < 4.78 is 13.2. The van der Waals surface area contributed by atoms with E-state index in [1.165, 1.54) is 17.7 Å². The van der Waals surface area contributed by atoms with Gasteiger partial charge < -0.3 is 5.32 Å². The predicted molar refractivity (Wildman–Crippen MR) is 119 cm³/mol. The highest BCUT2D eigenvalue weighted by Crippen LogP contribution is 2.21. The van der Waals surface area contributed by atoms with Crippen LogP contribution in [0, 0.1) is 5.82 Å². The lowest BCUT2D eigenvalue weighted by atomic mass is 10.0. The number of aromatic nitrogens is 2. The molecule has 0 spiro atoms. The number of nitrogens with one attached hydrogen (secondary N) is 1. The van der Waals surface area contributed by atoms with Gasteiger partial charge in [0.15, 0.2) is 0 Å². The van der Waals surface area contributed by atoms with E-state index in [0.717, 1.165) is 38.0 Å². The minimum Gasteiger partial charge on any atom is -0.353 e. The van der Waals surface area contributed by atoms with Crippen LogP contribution in [0.1, 0.15) is 36.9 Å². The second-order valence-electron chi connectivity index (χ2n) is 8.10. The predicted octanol–water partition coefficient (Wildman–Crippen LogP) is 4.17.